The number of nitrogen functional groups attached to an aromatic ring is 1. The van der Waals surface area contributed by atoms with E-state index in [1.165, 1.54) is 6.07 Å². The van der Waals surface area contributed by atoms with Gasteiger partial charge in [-0.15, -0.1) is 0 Å². The van der Waals surface area contributed by atoms with Crippen LogP contribution in [0.3, 0.4) is 0 Å². The van der Waals surface area contributed by atoms with Gasteiger partial charge in [0.1, 0.15) is 11.6 Å². The van der Waals surface area contributed by atoms with Crippen molar-refractivity contribution in [1.82, 2.24) is 0 Å². The molecule has 1 heterocycles. The number of carboxylic acids is 1. The molecule has 0 saturated heterocycles. The van der Waals surface area contributed by atoms with Gasteiger partial charge >= 0.3 is 11.6 Å². The summed E-state index contributed by atoms with van der Waals surface area (Å²) in [5.41, 5.74) is 12.4. The molecule has 1 atom stereocenters. The van der Waals surface area contributed by atoms with E-state index < -0.39 is 12.0 Å². The van der Waals surface area contributed by atoms with Crippen LogP contribution in [0.2, 0.25) is 0 Å². The second-order valence-corrected chi connectivity index (χ2v) is 5.11. The van der Waals surface area contributed by atoms with E-state index in [-0.39, 0.29) is 11.5 Å². The fraction of sp³-hybridized carbons (Fsp3) is 0.333. The normalized spacial score (nSPS) is 11.9. The average molecular weight is 292 g/mol. The van der Waals surface area contributed by atoms with E-state index in [2.05, 4.69) is 0 Å². The Hall–Kier alpha value is -2.34. The summed E-state index contributed by atoms with van der Waals surface area (Å²) in [6, 6.07) is 6.05. The zero-order valence-electron chi connectivity index (χ0n) is 12.3. The van der Waals surface area contributed by atoms with Crippen molar-refractivity contribution in [2.75, 3.05) is 5.73 Å². The first kappa shape index (κ1) is 16.7. The molecule has 2 aromatic rings. The van der Waals surface area contributed by atoms with Crippen LogP contribution in [0.15, 0.2) is 33.5 Å². The number of carboxylic acid groups (broad SMARTS) is 1. The van der Waals surface area contributed by atoms with Gasteiger partial charge in [0, 0.05) is 23.2 Å². The predicted octanol–water partition coefficient (Wildman–Crippen LogP) is 1.74. The van der Waals surface area contributed by atoms with Crippen LogP contribution in [-0.2, 0) is 4.79 Å². The van der Waals surface area contributed by atoms with Gasteiger partial charge in [-0.05, 0) is 30.5 Å². The third-order valence-electron chi connectivity index (χ3n) is 2.98. The van der Waals surface area contributed by atoms with Crippen LogP contribution >= 0.6 is 0 Å². The number of aliphatic carboxylic acids is 1. The summed E-state index contributed by atoms with van der Waals surface area (Å²) in [6.07, 6.45) is 0. The van der Waals surface area contributed by atoms with Crippen molar-refractivity contribution in [3.05, 3.63) is 40.2 Å². The van der Waals surface area contributed by atoms with E-state index in [1.54, 1.807) is 26.0 Å². The Morgan fingerprint density at radius 2 is 1.90 bits per heavy atom. The van der Waals surface area contributed by atoms with Crippen molar-refractivity contribution >= 4 is 22.6 Å². The number of nitrogens with two attached hydrogens (primary N) is 2. The Labute approximate surface area is 122 Å². The van der Waals surface area contributed by atoms with Crippen molar-refractivity contribution in [3.8, 4) is 0 Å². The number of hydrogen-bond acceptors (Lipinski definition) is 5. The van der Waals surface area contributed by atoms with E-state index in [0.29, 0.717) is 11.3 Å². The van der Waals surface area contributed by atoms with Crippen molar-refractivity contribution < 1.29 is 14.3 Å². The Balaban J connectivity index is 0.000000240. The monoisotopic (exact) mass is 292 g/mol. The standard InChI is InChI=1S/C10H9NO2.C5H11NO2/c1-6-4-10(12)13-9-5-7(11)2-3-8(6)9;1-3(2)4(6)5(7)8/h2-5H,11H2,1H3;3-4H,6H2,1-2H3,(H,7,8)/t;4-/m.0/s1. The second kappa shape index (κ2) is 6.90. The SMILES string of the molecule is CC(C)[C@H](N)C(=O)O.Cc1cc(=O)oc2cc(N)ccc12. The van der Waals surface area contributed by atoms with Gasteiger partial charge in [0.25, 0.3) is 0 Å². The van der Waals surface area contributed by atoms with Crippen molar-refractivity contribution in [1.29, 1.82) is 0 Å². The molecule has 1 aromatic heterocycles. The molecule has 0 saturated carbocycles. The lowest BCUT2D eigenvalue weighted by Crippen LogP contribution is -2.34. The van der Waals surface area contributed by atoms with Crippen molar-refractivity contribution in [3.63, 3.8) is 0 Å². The third-order valence-corrected chi connectivity index (χ3v) is 2.98. The summed E-state index contributed by atoms with van der Waals surface area (Å²) in [4.78, 5) is 21.0. The molecular weight excluding hydrogens is 272 g/mol. The topological polar surface area (TPSA) is 120 Å². The lowest BCUT2D eigenvalue weighted by Gasteiger charge is -2.07. The minimum absolute atomic E-state index is 0.0208. The molecule has 0 spiro atoms. The van der Waals surface area contributed by atoms with Crippen molar-refractivity contribution in [2.45, 2.75) is 26.8 Å². The molecule has 0 fully saturated rings. The quantitative estimate of drug-likeness (QED) is 0.573. The number of aryl methyl sites for hydroxylation is 1. The number of anilines is 1. The van der Waals surface area contributed by atoms with E-state index in [4.69, 9.17) is 21.0 Å². The van der Waals surface area contributed by atoms with Gasteiger partial charge in [-0.25, -0.2) is 4.79 Å². The van der Waals surface area contributed by atoms with Crippen LogP contribution in [0.4, 0.5) is 5.69 Å². The molecule has 6 heteroatoms. The molecule has 1 aromatic carbocycles. The van der Waals surface area contributed by atoms with Gasteiger partial charge in [-0.1, -0.05) is 13.8 Å². The number of carbonyl (C=O) groups is 1. The van der Waals surface area contributed by atoms with E-state index >= 15 is 0 Å². The minimum atomic E-state index is -0.931. The first-order valence-electron chi connectivity index (χ1n) is 6.50. The summed E-state index contributed by atoms with van der Waals surface area (Å²) in [6.45, 7) is 5.42. The maximum Gasteiger partial charge on any atom is 0.336 e. The summed E-state index contributed by atoms with van der Waals surface area (Å²) in [5, 5.41) is 9.15. The summed E-state index contributed by atoms with van der Waals surface area (Å²) in [5.74, 6) is -0.910. The van der Waals surface area contributed by atoms with E-state index in [0.717, 1.165) is 10.9 Å². The fourth-order valence-corrected chi connectivity index (χ4v) is 1.63. The van der Waals surface area contributed by atoms with Gasteiger partial charge in [0.2, 0.25) is 0 Å². The van der Waals surface area contributed by atoms with Crippen LogP contribution in [0.1, 0.15) is 19.4 Å². The zero-order chi connectivity index (χ0) is 16.2. The smallest absolute Gasteiger partial charge is 0.336 e. The minimum Gasteiger partial charge on any atom is -0.480 e. The maximum atomic E-state index is 11.0. The van der Waals surface area contributed by atoms with Crippen LogP contribution in [0.25, 0.3) is 11.0 Å². The summed E-state index contributed by atoms with van der Waals surface area (Å²) < 4.78 is 4.99. The Morgan fingerprint density at radius 1 is 1.29 bits per heavy atom. The van der Waals surface area contributed by atoms with Crippen LogP contribution < -0.4 is 17.1 Å². The molecule has 0 aliphatic carbocycles. The molecule has 5 N–H and O–H groups in total. The number of rotatable bonds is 2. The van der Waals surface area contributed by atoms with Gasteiger partial charge in [0.05, 0.1) is 0 Å². The predicted molar refractivity (Wildman–Crippen MR) is 82.1 cm³/mol. The summed E-state index contributed by atoms with van der Waals surface area (Å²) in [7, 11) is 0. The molecule has 0 unspecified atom stereocenters. The molecule has 6 nitrogen and oxygen atoms in total. The Kier molecular flexibility index (Phi) is 5.49. The number of fused-ring (bicyclic) bond motifs is 1. The molecule has 0 aliphatic rings. The number of hydrogen-bond donors (Lipinski definition) is 3. The Morgan fingerprint density at radius 3 is 2.38 bits per heavy atom. The molecule has 0 bridgehead atoms. The van der Waals surface area contributed by atoms with Crippen LogP contribution in [0, 0.1) is 12.8 Å². The lowest BCUT2D eigenvalue weighted by atomic mass is 10.1. The van der Waals surface area contributed by atoms with Crippen LogP contribution in [-0.4, -0.2) is 17.1 Å². The highest BCUT2D eigenvalue weighted by atomic mass is 16.4. The molecule has 21 heavy (non-hydrogen) atoms. The fourth-order valence-electron chi connectivity index (χ4n) is 1.63. The zero-order valence-corrected chi connectivity index (χ0v) is 12.3. The third kappa shape index (κ3) is 4.61. The second-order valence-electron chi connectivity index (χ2n) is 5.11. The van der Waals surface area contributed by atoms with Gasteiger partial charge in [0.15, 0.2) is 0 Å². The lowest BCUT2D eigenvalue weighted by molar-refractivity contribution is -0.139. The molecule has 114 valence electrons. The highest BCUT2D eigenvalue weighted by Gasteiger charge is 2.14. The molecule has 2 rings (SSSR count). The highest BCUT2D eigenvalue weighted by Crippen LogP contribution is 2.18. The van der Waals surface area contributed by atoms with Crippen LogP contribution in [0.5, 0.6) is 0 Å². The first-order valence-corrected chi connectivity index (χ1v) is 6.50. The van der Waals surface area contributed by atoms with Crippen molar-refractivity contribution in [2.24, 2.45) is 11.7 Å². The Bertz CT molecular complexity index is 692. The maximum absolute atomic E-state index is 11.0. The van der Waals surface area contributed by atoms with Gasteiger partial charge in [-0.2, -0.15) is 0 Å². The van der Waals surface area contributed by atoms with Gasteiger partial charge in [-0.3, -0.25) is 4.79 Å². The molecular formula is C15H20N2O4. The molecule has 0 radical (unpaired) electrons. The molecule has 0 aliphatic heterocycles. The van der Waals surface area contributed by atoms with E-state index in [9.17, 15) is 9.59 Å². The largest absolute Gasteiger partial charge is 0.480 e. The average Bonchev–Trinajstić information content (AvgIpc) is 2.37. The number of benzene rings is 1. The highest BCUT2D eigenvalue weighted by molar-refractivity contribution is 5.82. The molecule has 0 amide bonds. The van der Waals surface area contributed by atoms with Gasteiger partial charge < -0.3 is 21.0 Å². The van der Waals surface area contributed by atoms with E-state index in [1.807, 2.05) is 13.0 Å². The first-order chi connectivity index (χ1) is 9.72. The summed E-state index contributed by atoms with van der Waals surface area (Å²) >= 11 is 0.